The predicted octanol–water partition coefficient (Wildman–Crippen LogP) is 16.2. The van der Waals surface area contributed by atoms with E-state index < -0.39 is 0 Å². The lowest BCUT2D eigenvalue weighted by Gasteiger charge is -2.17. The Labute approximate surface area is 396 Å². The summed E-state index contributed by atoms with van der Waals surface area (Å²) in [6, 6.07) is 67.0. The van der Waals surface area contributed by atoms with E-state index in [0.29, 0.717) is 39.9 Å². The zero-order valence-corrected chi connectivity index (χ0v) is 37.5. The Morgan fingerprint density at radius 2 is 0.926 bits per heavy atom. The molecule has 0 radical (unpaired) electrons. The lowest BCUT2D eigenvalue weighted by atomic mass is 10.1. The fourth-order valence-corrected chi connectivity index (χ4v) is 12.8. The van der Waals surface area contributed by atoms with Gasteiger partial charge in [-0.2, -0.15) is 5.26 Å². The predicted molar refractivity (Wildman–Crippen MR) is 282 cm³/mol. The molecule has 0 saturated carbocycles. The highest BCUT2D eigenvalue weighted by Crippen LogP contribution is 2.47. The third-order valence-electron chi connectivity index (χ3n) is 13.2. The molecule has 14 rings (SSSR count). The van der Waals surface area contributed by atoms with Gasteiger partial charge in [0.25, 0.3) is 0 Å². The van der Waals surface area contributed by atoms with E-state index >= 15 is 0 Å². The second-order valence-electron chi connectivity index (χ2n) is 16.9. The number of para-hydroxylation sites is 2. The van der Waals surface area contributed by atoms with Gasteiger partial charge in [-0.1, -0.05) is 121 Å². The van der Waals surface area contributed by atoms with Crippen LogP contribution in [0.2, 0.25) is 0 Å². The monoisotopic (exact) mass is 901 g/mol. The summed E-state index contributed by atoms with van der Waals surface area (Å²) in [5.74, 6) is 1.29. The molecule has 0 aliphatic carbocycles. The summed E-state index contributed by atoms with van der Waals surface area (Å²) < 4.78 is 9.52. The Morgan fingerprint density at radius 3 is 1.49 bits per heavy atom. The van der Waals surface area contributed by atoms with Crippen molar-refractivity contribution in [3.63, 3.8) is 0 Å². The van der Waals surface area contributed by atoms with E-state index in [-0.39, 0.29) is 0 Å². The first kappa shape index (κ1) is 38.3. The van der Waals surface area contributed by atoms with Crippen LogP contribution in [0.15, 0.2) is 188 Å². The Kier molecular flexibility index (Phi) is 8.31. The molecule has 0 atom stereocenters. The normalized spacial score (nSPS) is 11.8. The molecule has 68 heavy (non-hydrogen) atoms. The van der Waals surface area contributed by atoms with Crippen molar-refractivity contribution < 1.29 is 0 Å². The highest BCUT2D eigenvalue weighted by atomic mass is 32.1. The van der Waals surface area contributed by atoms with Crippen LogP contribution in [0.1, 0.15) is 5.56 Å². The molecule has 0 fully saturated rings. The van der Waals surface area contributed by atoms with Crippen molar-refractivity contribution in [1.29, 1.82) is 5.26 Å². The van der Waals surface area contributed by atoms with Crippen LogP contribution in [0.5, 0.6) is 0 Å². The molecule has 0 unspecified atom stereocenters. The first-order valence-electron chi connectivity index (χ1n) is 22.2. The molecule has 0 spiro atoms. The van der Waals surface area contributed by atoms with Gasteiger partial charge in [0.15, 0.2) is 23.2 Å². The molecular weight excluding hydrogens is 871 g/mol. The molecular formula is C59H31N7S2. The summed E-state index contributed by atoms with van der Waals surface area (Å²) in [6.07, 6.45) is 0. The fraction of sp³-hybridized carbons (Fsp3) is 0. The fourth-order valence-electron chi connectivity index (χ4n) is 10.3. The molecule has 9 heteroatoms. The van der Waals surface area contributed by atoms with Crippen LogP contribution in [0, 0.1) is 17.9 Å². The number of thiophene rings is 2. The van der Waals surface area contributed by atoms with Crippen LogP contribution < -0.4 is 0 Å². The number of fused-ring (bicyclic) bond motifs is 14. The quantitative estimate of drug-likeness (QED) is 0.161. The molecule has 5 aromatic heterocycles. The maximum atomic E-state index is 10.5. The van der Waals surface area contributed by atoms with Crippen molar-refractivity contribution >= 4 is 112 Å². The number of benzene rings is 9. The van der Waals surface area contributed by atoms with Crippen molar-refractivity contribution in [3.8, 4) is 51.6 Å². The summed E-state index contributed by atoms with van der Waals surface area (Å²) in [4.78, 5) is 19.9. The Bertz CT molecular complexity index is 4270. The zero-order valence-electron chi connectivity index (χ0n) is 35.8. The second-order valence-corrected chi connectivity index (χ2v) is 19.0. The van der Waals surface area contributed by atoms with Crippen molar-refractivity contribution in [3.05, 3.63) is 205 Å². The third-order valence-corrected chi connectivity index (χ3v) is 15.6. The number of hydrogen-bond donors (Lipinski definition) is 0. The van der Waals surface area contributed by atoms with Crippen LogP contribution in [-0.2, 0) is 0 Å². The first-order valence-corrected chi connectivity index (χ1v) is 23.8. The Morgan fingerprint density at radius 1 is 0.441 bits per heavy atom. The molecule has 0 aliphatic rings. The molecule has 314 valence electrons. The molecule has 5 heterocycles. The number of hydrogen-bond acceptors (Lipinski definition) is 6. The standard InChI is InChI=1S/C59H31N7S2/c1-61-36-24-28-48(66-46-20-10-6-18-42(46)54-50(66)30-26-40-38-16-8-12-22-52(38)68-56(40)54)44(32-36)59-63-57(35-13-3-2-4-14-35)62-58(64-59)43-31-34(33-60)23-27-47(43)65-45-19-9-5-17-41(45)53-49(65)29-25-39-37-15-7-11-21-51(37)67-55(39)53/h2-32H. The van der Waals surface area contributed by atoms with Crippen molar-refractivity contribution in [2.75, 3.05) is 0 Å². The van der Waals surface area contributed by atoms with Gasteiger partial charge in [-0.3, -0.25) is 0 Å². The lowest BCUT2D eigenvalue weighted by Crippen LogP contribution is -2.05. The smallest absolute Gasteiger partial charge is 0.188 e. The highest BCUT2D eigenvalue weighted by molar-refractivity contribution is 7.27. The van der Waals surface area contributed by atoms with E-state index in [2.05, 4.69) is 141 Å². The number of nitrogens with zero attached hydrogens (tertiary/aromatic N) is 7. The van der Waals surface area contributed by atoms with Gasteiger partial charge in [-0.15, -0.1) is 22.7 Å². The third kappa shape index (κ3) is 5.58. The maximum Gasteiger partial charge on any atom is 0.188 e. The average molecular weight is 902 g/mol. The van der Waals surface area contributed by atoms with Gasteiger partial charge in [0.05, 0.1) is 51.6 Å². The summed E-state index contributed by atoms with van der Waals surface area (Å²) in [7, 11) is 0. The molecule has 9 aromatic carbocycles. The van der Waals surface area contributed by atoms with E-state index in [1.54, 1.807) is 0 Å². The number of aromatic nitrogens is 5. The minimum absolute atomic E-state index is 0.406. The van der Waals surface area contributed by atoms with Crippen molar-refractivity contribution in [2.45, 2.75) is 0 Å². The van der Waals surface area contributed by atoms with E-state index in [4.69, 9.17) is 21.5 Å². The lowest BCUT2D eigenvalue weighted by molar-refractivity contribution is 1.06. The number of nitriles is 1. The topological polar surface area (TPSA) is 76.7 Å². The van der Waals surface area contributed by atoms with Crippen LogP contribution in [0.3, 0.4) is 0 Å². The summed E-state index contributed by atoms with van der Waals surface area (Å²) in [5.41, 5.74) is 8.92. The molecule has 0 bridgehead atoms. The average Bonchev–Trinajstić information content (AvgIpc) is 4.16. The van der Waals surface area contributed by atoms with Gasteiger partial charge in [-0.25, -0.2) is 19.8 Å². The molecule has 14 aromatic rings. The SMILES string of the molecule is [C-]#[N+]c1ccc(-n2c3ccccc3c3c4sc5ccccc5c4ccc32)c(-c2nc(-c3ccccc3)nc(-c3cc(C#N)ccc3-n3c4ccccc4c4c5sc6ccccc6c5ccc43)n2)c1. The molecule has 0 N–H and O–H groups in total. The van der Waals surface area contributed by atoms with E-state index in [1.165, 1.54) is 51.1 Å². The van der Waals surface area contributed by atoms with E-state index in [0.717, 1.165) is 49.8 Å². The van der Waals surface area contributed by atoms with Gasteiger partial charge in [-0.05, 0) is 66.7 Å². The summed E-state index contributed by atoms with van der Waals surface area (Å²) in [6.45, 7) is 8.21. The van der Waals surface area contributed by atoms with E-state index in [9.17, 15) is 5.26 Å². The van der Waals surface area contributed by atoms with Crippen LogP contribution >= 0.6 is 22.7 Å². The zero-order chi connectivity index (χ0) is 45.0. The molecule has 0 amide bonds. The molecule has 7 nitrogen and oxygen atoms in total. The van der Waals surface area contributed by atoms with Crippen LogP contribution in [0.25, 0.3) is 134 Å². The largest absolute Gasteiger partial charge is 0.309 e. The van der Waals surface area contributed by atoms with E-state index in [1.807, 2.05) is 89.4 Å². The van der Waals surface area contributed by atoms with Crippen molar-refractivity contribution in [1.82, 2.24) is 24.1 Å². The minimum Gasteiger partial charge on any atom is -0.309 e. The van der Waals surface area contributed by atoms with Gasteiger partial charge < -0.3 is 9.13 Å². The van der Waals surface area contributed by atoms with Gasteiger partial charge in [0.2, 0.25) is 0 Å². The van der Waals surface area contributed by atoms with Crippen LogP contribution in [0.4, 0.5) is 5.69 Å². The van der Waals surface area contributed by atoms with Crippen LogP contribution in [-0.4, -0.2) is 24.1 Å². The van der Waals surface area contributed by atoms with Crippen molar-refractivity contribution in [2.24, 2.45) is 0 Å². The molecule has 0 saturated heterocycles. The van der Waals surface area contributed by atoms with Gasteiger partial charge in [0.1, 0.15) is 0 Å². The minimum atomic E-state index is 0.406. The second kappa shape index (κ2) is 14.8. The molecule has 0 aliphatic heterocycles. The summed E-state index contributed by atoms with van der Waals surface area (Å²) >= 11 is 3.63. The number of rotatable bonds is 5. The Hall–Kier alpha value is -8.99. The Balaban J connectivity index is 1.06. The highest BCUT2D eigenvalue weighted by Gasteiger charge is 2.25. The van der Waals surface area contributed by atoms with Gasteiger partial charge >= 0.3 is 0 Å². The summed E-state index contributed by atoms with van der Waals surface area (Å²) in [5, 5.41) is 20.0. The maximum absolute atomic E-state index is 10.5. The first-order chi connectivity index (χ1) is 33.6. The van der Waals surface area contributed by atoms with Gasteiger partial charge in [0, 0.05) is 78.6 Å².